The second-order valence-corrected chi connectivity index (χ2v) is 2.99. The van der Waals surface area contributed by atoms with Crippen LogP contribution in [0, 0.1) is 5.41 Å². The fourth-order valence-corrected chi connectivity index (χ4v) is 1.28. The Labute approximate surface area is 70.3 Å². The average molecular weight is 169 g/mol. The standard InChI is InChI=1S/C8H11NO3/c10-5-8(6-11)3-1-2-4-9-7(8)12/h5-6H,1-4H2,(H,9,12). The van der Waals surface area contributed by atoms with Gasteiger partial charge in [0, 0.05) is 6.54 Å². The van der Waals surface area contributed by atoms with Crippen LogP contribution in [-0.4, -0.2) is 25.0 Å². The van der Waals surface area contributed by atoms with E-state index in [2.05, 4.69) is 5.32 Å². The molecule has 1 N–H and O–H groups in total. The highest BCUT2D eigenvalue weighted by atomic mass is 16.2. The van der Waals surface area contributed by atoms with E-state index < -0.39 is 11.3 Å². The van der Waals surface area contributed by atoms with E-state index in [0.29, 0.717) is 25.5 Å². The van der Waals surface area contributed by atoms with E-state index in [9.17, 15) is 14.4 Å². The van der Waals surface area contributed by atoms with Crippen molar-refractivity contribution < 1.29 is 14.4 Å². The van der Waals surface area contributed by atoms with Crippen LogP contribution in [-0.2, 0) is 14.4 Å². The summed E-state index contributed by atoms with van der Waals surface area (Å²) in [6.45, 7) is 0.558. The Hall–Kier alpha value is -1.19. The van der Waals surface area contributed by atoms with Gasteiger partial charge >= 0.3 is 0 Å². The number of carbonyl (C=O) groups is 3. The third kappa shape index (κ3) is 1.37. The van der Waals surface area contributed by atoms with Crippen LogP contribution in [0.4, 0.5) is 0 Å². The highest BCUT2D eigenvalue weighted by molar-refractivity contribution is 6.10. The highest BCUT2D eigenvalue weighted by Crippen LogP contribution is 2.22. The molecule has 0 aromatic heterocycles. The summed E-state index contributed by atoms with van der Waals surface area (Å²) in [5.74, 6) is -0.454. The zero-order valence-corrected chi connectivity index (χ0v) is 6.71. The van der Waals surface area contributed by atoms with Crippen LogP contribution in [0.3, 0.4) is 0 Å². The van der Waals surface area contributed by atoms with E-state index in [1.54, 1.807) is 0 Å². The highest BCUT2D eigenvalue weighted by Gasteiger charge is 2.38. The number of nitrogens with one attached hydrogen (secondary N) is 1. The van der Waals surface area contributed by atoms with Gasteiger partial charge in [0.1, 0.15) is 12.6 Å². The molecule has 1 saturated heterocycles. The maximum atomic E-state index is 11.2. The molecule has 0 radical (unpaired) electrons. The normalized spacial score (nSPS) is 22.2. The molecule has 0 aromatic rings. The Balaban J connectivity index is 2.87. The van der Waals surface area contributed by atoms with E-state index in [1.165, 1.54) is 0 Å². The Morgan fingerprint density at radius 1 is 1.25 bits per heavy atom. The van der Waals surface area contributed by atoms with Gasteiger partial charge in [-0.15, -0.1) is 0 Å². The third-order valence-corrected chi connectivity index (χ3v) is 2.15. The van der Waals surface area contributed by atoms with Crippen molar-refractivity contribution in [3.05, 3.63) is 0 Å². The summed E-state index contributed by atoms with van der Waals surface area (Å²) in [5, 5.41) is 2.54. The van der Waals surface area contributed by atoms with Crippen LogP contribution in [0.2, 0.25) is 0 Å². The summed E-state index contributed by atoms with van der Waals surface area (Å²) in [6, 6.07) is 0. The smallest absolute Gasteiger partial charge is 0.240 e. The minimum Gasteiger partial charge on any atom is -0.355 e. The van der Waals surface area contributed by atoms with Crippen LogP contribution in [0.1, 0.15) is 19.3 Å². The zero-order chi connectivity index (χ0) is 9.03. The number of hydrogen-bond donors (Lipinski definition) is 1. The van der Waals surface area contributed by atoms with Crippen molar-refractivity contribution in [1.82, 2.24) is 5.32 Å². The number of amides is 1. The fraction of sp³-hybridized carbons (Fsp3) is 0.625. The number of carbonyl (C=O) groups excluding carboxylic acids is 3. The van der Waals surface area contributed by atoms with E-state index in [4.69, 9.17) is 0 Å². The van der Waals surface area contributed by atoms with Crippen molar-refractivity contribution in [2.75, 3.05) is 6.54 Å². The van der Waals surface area contributed by atoms with Crippen molar-refractivity contribution >= 4 is 18.5 Å². The molecular weight excluding hydrogens is 158 g/mol. The maximum Gasteiger partial charge on any atom is 0.240 e. The van der Waals surface area contributed by atoms with Crippen molar-refractivity contribution in [2.45, 2.75) is 19.3 Å². The van der Waals surface area contributed by atoms with Crippen molar-refractivity contribution in [3.63, 3.8) is 0 Å². The van der Waals surface area contributed by atoms with Crippen molar-refractivity contribution in [2.24, 2.45) is 5.41 Å². The monoisotopic (exact) mass is 169 g/mol. The predicted molar refractivity (Wildman–Crippen MR) is 41.4 cm³/mol. The Morgan fingerprint density at radius 2 is 1.92 bits per heavy atom. The first-order chi connectivity index (χ1) is 5.75. The molecule has 0 atom stereocenters. The fourth-order valence-electron chi connectivity index (χ4n) is 1.28. The first-order valence-corrected chi connectivity index (χ1v) is 3.96. The Bertz CT molecular complexity index is 204. The van der Waals surface area contributed by atoms with Crippen molar-refractivity contribution in [3.8, 4) is 0 Å². The predicted octanol–water partition coefficient (Wildman–Crippen LogP) is -0.329. The van der Waals surface area contributed by atoms with E-state index in [1.807, 2.05) is 0 Å². The molecule has 1 heterocycles. The third-order valence-electron chi connectivity index (χ3n) is 2.15. The topological polar surface area (TPSA) is 63.2 Å². The van der Waals surface area contributed by atoms with Crippen LogP contribution in [0.5, 0.6) is 0 Å². The second kappa shape index (κ2) is 3.47. The van der Waals surface area contributed by atoms with E-state index in [-0.39, 0.29) is 0 Å². The molecule has 0 aliphatic carbocycles. The van der Waals surface area contributed by atoms with Crippen LogP contribution >= 0.6 is 0 Å². The number of aldehydes is 2. The molecule has 66 valence electrons. The number of hydrogen-bond acceptors (Lipinski definition) is 3. The van der Waals surface area contributed by atoms with Gasteiger partial charge in [0.05, 0.1) is 0 Å². The quantitative estimate of drug-likeness (QED) is 0.454. The molecule has 0 unspecified atom stereocenters. The lowest BCUT2D eigenvalue weighted by atomic mass is 9.86. The summed E-state index contributed by atoms with van der Waals surface area (Å²) >= 11 is 0. The van der Waals surface area contributed by atoms with Gasteiger partial charge < -0.3 is 14.9 Å². The van der Waals surface area contributed by atoms with Gasteiger partial charge in [0.15, 0.2) is 5.41 Å². The summed E-state index contributed by atoms with van der Waals surface area (Å²) in [5.41, 5.74) is -1.41. The molecule has 1 aliphatic rings. The molecule has 0 aromatic carbocycles. The molecule has 1 aliphatic heterocycles. The van der Waals surface area contributed by atoms with E-state index >= 15 is 0 Å². The maximum absolute atomic E-state index is 11.2. The lowest BCUT2D eigenvalue weighted by Gasteiger charge is -2.15. The van der Waals surface area contributed by atoms with Gasteiger partial charge in [-0.25, -0.2) is 0 Å². The Morgan fingerprint density at radius 3 is 2.50 bits per heavy atom. The van der Waals surface area contributed by atoms with Gasteiger partial charge in [0.25, 0.3) is 0 Å². The SMILES string of the molecule is O=CC1(C=O)CCCCNC1=O. The molecular formula is C8H11NO3. The van der Waals surface area contributed by atoms with Gasteiger partial charge in [-0.2, -0.15) is 0 Å². The minimum absolute atomic E-state index is 0.339. The van der Waals surface area contributed by atoms with Crippen LogP contribution in [0.25, 0.3) is 0 Å². The summed E-state index contributed by atoms with van der Waals surface area (Å²) in [7, 11) is 0. The second-order valence-electron chi connectivity index (χ2n) is 2.99. The Kier molecular flexibility index (Phi) is 2.58. The van der Waals surface area contributed by atoms with E-state index in [0.717, 1.165) is 12.8 Å². The van der Waals surface area contributed by atoms with Crippen molar-refractivity contribution in [1.29, 1.82) is 0 Å². The molecule has 0 saturated carbocycles. The summed E-state index contributed by atoms with van der Waals surface area (Å²) in [4.78, 5) is 32.4. The minimum atomic E-state index is -1.41. The van der Waals surface area contributed by atoms with Gasteiger partial charge in [0.2, 0.25) is 5.91 Å². The summed E-state index contributed by atoms with van der Waals surface area (Å²) in [6.07, 6.45) is 2.79. The largest absolute Gasteiger partial charge is 0.355 e. The molecule has 0 spiro atoms. The lowest BCUT2D eigenvalue weighted by molar-refractivity contribution is -0.140. The molecule has 4 heteroatoms. The number of rotatable bonds is 2. The first kappa shape index (κ1) is 8.90. The van der Waals surface area contributed by atoms with Gasteiger partial charge in [-0.05, 0) is 19.3 Å². The van der Waals surface area contributed by atoms with Gasteiger partial charge in [-0.1, -0.05) is 0 Å². The molecule has 1 rings (SSSR count). The summed E-state index contributed by atoms with van der Waals surface area (Å²) < 4.78 is 0. The van der Waals surface area contributed by atoms with Crippen LogP contribution in [0.15, 0.2) is 0 Å². The van der Waals surface area contributed by atoms with Gasteiger partial charge in [-0.3, -0.25) is 4.79 Å². The average Bonchev–Trinajstić information content (AvgIpc) is 2.28. The zero-order valence-electron chi connectivity index (χ0n) is 6.71. The molecule has 12 heavy (non-hydrogen) atoms. The molecule has 4 nitrogen and oxygen atoms in total. The lowest BCUT2D eigenvalue weighted by Crippen LogP contribution is -2.41. The van der Waals surface area contributed by atoms with Crippen LogP contribution < -0.4 is 5.32 Å². The molecule has 1 amide bonds. The molecule has 0 bridgehead atoms. The molecule has 1 fully saturated rings. The first-order valence-electron chi connectivity index (χ1n) is 3.96.